The van der Waals surface area contributed by atoms with Crippen LogP contribution in [0.3, 0.4) is 0 Å². The maximum Gasteiger partial charge on any atom is 0.404 e. The van der Waals surface area contributed by atoms with Gasteiger partial charge in [0.25, 0.3) is 0 Å². The molecule has 1 aliphatic heterocycles. The first-order valence-electron chi connectivity index (χ1n) is 6.25. The zero-order valence-corrected chi connectivity index (χ0v) is 10.8. The Morgan fingerprint density at radius 1 is 1.00 bits per heavy atom. The number of halogens is 6. The predicted octanol–water partition coefficient (Wildman–Crippen LogP) is 3.56. The van der Waals surface area contributed by atoms with Gasteiger partial charge >= 0.3 is 12.4 Å². The van der Waals surface area contributed by atoms with Crippen LogP contribution >= 0.6 is 0 Å². The molecule has 0 radical (unpaired) electrons. The SMILES string of the molecule is FC(F)(F)C(c1ccc(C2CNCCO2)cc1)C(F)(F)F. The van der Waals surface area contributed by atoms with Crippen LogP contribution in [-0.4, -0.2) is 32.0 Å². The molecule has 1 N–H and O–H groups in total. The van der Waals surface area contributed by atoms with Crippen LogP contribution in [0.2, 0.25) is 0 Å². The van der Waals surface area contributed by atoms with E-state index in [-0.39, 0.29) is 6.10 Å². The summed E-state index contributed by atoms with van der Waals surface area (Å²) in [5.41, 5.74) is -0.267. The van der Waals surface area contributed by atoms with Gasteiger partial charge in [0.1, 0.15) is 0 Å². The minimum absolute atomic E-state index is 0.358. The van der Waals surface area contributed by atoms with Crippen molar-refractivity contribution in [3.8, 4) is 0 Å². The summed E-state index contributed by atoms with van der Waals surface area (Å²) in [5, 5.41) is 3.03. The number of benzene rings is 1. The summed E-state index contributed by atoms with van der Waals surface area (Å²) in [6.07, 6.45) is -11.1. The summed E-state index contributed by atoms with van der Waals surface area (Å²) in [7, 11) is 0. The van der Waals surface area contributed by atoms with Gasteiger partial charge in [0.15, 0.2) is 5.92 Å². The van der Waals surface area contributed by atoms with Crippen LogP contribution in [0.25, 0.3) is 0 Å². The van der Waals surface area contributed by atoms with Crippen molar-refractivity contribution in [3.63, 3.8) is 0 Å². The second-order valence-corrected chi connectivity index (χ2v) is 4.75. The molecule has 1 unspecified atom stereocenters. The molecule has 1 saturated heterocycles. The van der Waals surface area contributed by atoms with Crippen molar-refractivity contribution in [2.24, 2.45) is 0 Å². The predicted molar refractivity (Wildman–Crippen MR) is 62.9 cm³/mol. The van der Waals surface area contributed by atoms with Gasteiger partial charge in [-0.3, -0.25) is 0 Å². The van der Waals surface area contributed by atoms with E-state index >= 15 is 0 Å². The average molecular weight is 313 g/mol. The summed E-state index contributed by atoms with van der Waals surface area (Å²) in [5.74, 6) is -3.47. The largest absolute Gasteiger partial charge is 0.404 e. The molecular weight excluding hydrogens is 300 g/mol. The first-order chi connectivity index (χ1) is 9.69. The number of hydrogen-bond acceptors (Lipinski definition) is 2. The second-order valence-electron chi connectivity index (χ2n) is 4.75. The molecular formula is C13H13F6NO. The van der Waals surface area contributed by atoms with Crippen LogP contribution in [0.15, 0.2) is 24.3 Å². The highest BCUT2D eigenvalue weighted by Gasteiger charge is 2.57. The molecule has 1 aromatic carbocycles. The molecule has 1 heterocycles. The van der Waals surface area contributed by atoms with Gasteiger partial charge in [-0.15, -0.1) is 0 Å². The molecule has 0 bridgehead atoms. The van der Waals surface area contributed by atoms with Crippen LogP contribution in [0.1, 0.15) is 23.1 Å². The second kappa shape index (κ2) is 5.84. The summed E-state index contributed by atoms with van der Waals surface area (Å²) in [4.78, 5) is 0. The summed E-state index contributed by atoms with van der Waals surface area (Å²) in [6, 6.07) is 4.22. The molecule has 0 spiro atoms. The molecule has 0 aliphatic carbocycles. The van der Waals surface area contributed by atoms with E-state index < -0.39 is 23.8 Å². The topological polar surface area (TPSA) is 21.3 Å². The Morgan fingerprint density at radius 3 is 2.00 bits per heavy atom. The van der Waals surface area contributed by atoms with Gasteiger partial charge in [-0.2, -0.15) is 26.3 Å². The van der Waals surface area contributed by atoms with Gasteiger partial charge in [0, 0.05) is 13.1 Å². The summed E-state index contributed by atoms with van der Waals surface area (Å²) >= 11 is 0. The van der Waals surface area contributed by atoms with E-state index in [1.54, 1.807) is 0 Å². The summed E-state index contributed by atoms with van der Waals surface area (Å²) in [6.45, 7) is 1.58. The Kier molecular flexibility index (Phi) is 4.48. The first kappa shape index (κ1) is 16.1. The van der Waals surface area contributed by atoms with Crippen molar-refractivity contribution in [3.05, 3.63) is 35.4 Å². The van der Waals surface area contributed by atoms with E-state index in [0.717, 1.165) is 12.1 Å². The van der Waals surface area contributed by atoms with Crippen LogP contribution in [-0.2, 0) is 4.74 Å². The van der Waals surface area contributed by atoms with Crippen LogP contribution in [0.4, 0.5) is 26.3 Å². The fraction of sp³-hybridized carbons (Fsp3) is 0.538. The quantitative estimate of drug-likeness (QED) is 0.843. The monoisotopic (exact) mass is 313 g/mol. The van der Waals surface area contributed by atoms with Crippen LogP contribution in [0, 0.1) is 0 Å². The zero-order chi connectivity index (χ0) is 15.7. The van der Waals surface area contributed by atoms with Crippen molar-refractivity contribution < 1.29 is 31.1 Å². The summed E-state index contributed by atoms with van der Waals surface area (Å²) < 4.78 is 81.0. The maximum absolute atomic E-state index is 12.6. The van der Waals surface area contributed by atoms with Gasteiger partial charge in [0.2, 0.25) is 0 Å². The fourth-order valence-corrected chi connectivity index (χ4v) is 2.25. The van der Waals surface area contributed by atoms with Gasteiger partial charge in [-0.25, -0.2) is 0 Å². The van der Waals surface area contributed by atoms with Crippen molar-refractivity contribution in [1.29, 1.82) is 0 Å². The lowest BCUT2D eigenvalue weighted by Crippen LogP contribution is -2.34. The molecule has 1 aromatic rings. The lowest BCUT2D eigenvalue weighted by Gasteiger charge is -2.26. The number of alkyl halides is 6. The van der Waals surface area contributed by atoms with E-state index in [9.17, 15) is 26.3 Å². The number of ether oxygens (including phenoxy) is 1. The van der Waals surface area contributed by atoms with E-state index in [1.807, 2.05) is 0 Å². The fourth-order valence-electron chi connectivity index (χ4n) is 2.25. The Morgan fingerprint density at radius 2 is 1.57 bits per heavy atom. The zero-order valence-electron chi connectivity index (χ0n) is 10.8. The minimum atomic E-state index is -5.37. The molecule has 118 valence electrons. The Balaban J connectivity index is 2.23. The third-order valence-corrected chi connectivity index (χ3v) is 3.22. The Hall–Kier alpha value is -1.28. The lowest BCUT2D eigenvalue weighted by atomic mass is 9.95. The van der Waals surface area contributed by atoms with E-state index in [4.69, 9.17) is 4.74 Å². The molecule has 2 nitrogen and oxygen atoms in total. The smallest absolute Gasteiger partial charge is 0.371 e. The lowest BCUT2D eigenvalue weighted by molar-refractivity contribution is -0.253. The van der Waals surface area contributed by atoms with Gasteiger partial charge in [-0.05, 0) is 11.1 Å². The highest BCUT2D eigenvalue weighted by molar-refractivity contribution is 5.29. The van der Waals surface area contributed by atoms with Gasteiger partial charge < -0.3 is 10.1 Å². The Labute approximate surface area is 117 Å². The number of hydrogen-bond donors (Lipinski definition) is 1. The van der Waals surface area contributed by atoms with Crippen molar-refractivity contribution in [2.75, 3.05) is 19.7 Å². The first-order valence-corrected chi connectivity index (χ1v) is 6.25. The normalized spacial score (nSPS) is 20.8. The standard InChI is InChI=1S/C13H13F6NO/c14-12(15,16)11(13(17,18)19)9-3-1-8(2-4-9)10-7-20-5-6-21-10/h1-4,10-11,20H,5-7H2. The van der Waals surface area contributed by atoms with Gasteiger partial charge in [-0.1, -0.05) is 24.3 Å². The molecule has 1 fully saturated rings. The molecule has 1 atom stereocenters. The number of nitrogens with one attached hydrogen (secondary N) is 1. The molecule has 0 amide bonds. The third-order valence-electron chi connectivity index (χ3n) is 3.22. The van der Waals surface area contributed by atoms with E-state index in [1.165, 1.54) is 12.1 Å². The van der Waals surface area contributed by atoms with Crippen LogP contribution in [0.5, 0.6) is 0 Å². The average Bonchev–Trinajstić information content (AvgIpc) is 2.37. The third kappa shape index (κ3) is 3.88. The van der Waals surface area contributed by atoms with E-state index in [0.29, 0.717) is 25.3 Å². The molecule has 8 heteroatoms. The number of rotatable bonds is 2. The van der Waals surface area contributed by atoms with Crippen LogP contribution < -0.4 is 5.32 Å². The molecule has 1 aliphatic rings. The van der Waals surface area contributed by atoms with Crippen molar-refractivity contribution in [2.45, 2.75) is 24.4 Å². The van der Waals surface area contributed by atoms with E-state index in [2.05, 4.69) is 5.32 Å². The highest BCUT2D eigenvalue weighted by atomic mass is 19.4. The maximum atomic E-state index is 12.6. The molecule has 2 rings (SSSR count). The molecule has 0 aromatic heterocycles. The number of morpholine rings is 1. The highest BCUT2D eigenvalue weighted by Crippen LogP contribution is 2.46. The van der Waals surface area contributed by atoms with Crippen molar-refractivity contribution >= 4 is 0 Å². The molecule has 0 saturated carbocycles. The van der Waals surface area contributed by atoms with Crippen molar-refractivity contribution in [1.82, 2.24) is 5.32 Å². The Bertz CT molecular complexity index is 447. The molecule has 21 heavy (non-hydrogen) atoms. The minimum Gasteiger partial charge on any atom is -0.371 e. The van der Waals surface area contributed by atoms with Gasteiger partial charge in [0.05, 0.1) is 12.7 Å².